The van der Waals surface area contributed by atoms with E-state index in [1.165, 1.54) is 19.3 Å². The molecule has 0 aromatic carbocycles. The van der Waals surface area contributed by atoms with Crippen molar-refractivity contribution in [1.82, 2.24) is 15.5 Å². The van der Waals surface area contributed by atoms with Crippen LogP contribution in [0.25, 0.3) is 0 Å². The number of nitrogens with one attached hydrogen (secondary N) is 2. The van der Waals surface area contributed by atoms with E-state index in [0.717, 1.165) is 19.6 Å². The van der Waals surface area contributed by atoms with E-state index in [-0.39, 0.29) is 5.91 Å². The maximum atomic E-state index is 11.6. The summed E-state index contributed by atoms with van der Waals surface area (Å²) in [6.07, 6.45) is 5.52. The van der Waals surface area contributed by atoms with Crippen molar-refractivity contribution in [2.24, 2.45) is 0 Å². The maximum Gasteiger partial charge on any atom is 0.234 e. The van der Waals surface area contributed by atoms with E-state index < -0.39 is 0 Å². The van der Waals surface area contributed by atoms with Gasteiger partial charge >= 0.3 is 0 Å². The topological polar surface area (TPSA) is 44.4 Å². The molecule has 1 rings (SSSR count). The zero-order valence-electron chi connectivity index (χ0n) is 10.9. The van der Waals surface area contributed by atoms with Crippen LogP contribution in [0.15, 0.2) is 12.7 Å². The quantitative estimate of drug-likeness (QED) is 0.645. The molecule has 0 radical (unpaired) electrons. The number of rotatable bonds is 7. The number of likely N-dealkylation sites (N-methyl/N-ethyl adjacent to an activating group) is 1. The van der Waals surface area contributed by atoms with Crippen LogP contribution in [0.1, 0.15) is 26.2 Å². The van der Waals surface area contributed by atoms with Crippen LogP contribution in [0, 0.1) is 0 Å². The van der Waals surface area contributed by atoms with E-state index in [2.05, 4.69) is 29.0 Å². The van der Waals surface area contributed by atoms with Crippen molar-refractivity contribution in [2.45, 2.75) is 32.2 Å². The highest BCUT2D eigenvalue weighted by atomic mass is 16.2. The summed E-state index contributed by atoms with van der Waals surface area (Å²) in [5, 5.41) is 6.33. The fourth-order valence-corrected chi connectivity index (χ4v) is 2.14. The van der Waals surface area contributed by atoms with E-state index in [4.69, 9.17) is 0 Å². The SMILES string of the molecule is C=CCNC(=O)CN(CC)CC1CCCCN1. The van der Waals surface area contributed by atoms with Crippen LogP contribution < -0.4 is 10.6 Å². The molecular weight excluding hydrogens is 214 g/mol. The van der Waals surface area contributed by atoms with Gasteiger partial charge in [-0.1, -0.05) is 19.4 Å². The van der Waals surface area contributed by atoms with Crippen molar-refractivity contribution < 1.29 is 4.79 Å². The third-order valence-electron chi connectivity index (χ3n) is 3.15. The molecule has 98 valence electrons. The third-order valence-corrected chi connectivity index (χ3v) is 3.15. The van der Waals surface area contributed by atoms with Crippen LogP contribution in [-0.4, -0.2) is 49.6 Å². The largest absolute Gasteiger partial charge is 0.352 e. The van der Waals surface area contributed by atoms with Gasteiger partial charge in [-0.2, -0.15) is 0 Å². The Morgan fingerprint density at radius 2 is 2.41 bits per heavy atom. The minimum atomic E-state index is 0.0857. The van der Waals surface area contributed by atoms with Crippen molar-refractivity contribution in [3.63, 3.8) is 0 Å². The highest BCUT2D eigenvalue weighted by Crippen LogP contribution is 2.08. The number of carbonyl (C=O) groups is 1. The highest BCUT2D eigenvalue weighted by molar-refractivity contribution is 5.78. The van der Waals surface area contributed by atoms with E-state index in [9.17, 15) is 4.79 Å². The van der Waals surface area contributed by atoms with Gasteiger partial charge in [0.15, 0.2) is 0 Å². The zero-order valence-corrected chi connectivity index (χ0v) is 10.9. The molecule has 1 unspecified atom stereocenters. The van der Waals surface area contributed by atoms with Crippen molar-refractivity contribution in [2.75, 3.05) is 32.7 Å². The summed E-state index contributed by atoms with van der Waals surface area (Å²) < 4.78 is 0. The Hall–Kier alpha value is -0.870. The lowest BCUT2D eigenvalue weighted by molar-refractivity contribution is -0.122. The van der Waals surface area contributed by atoms with Crippen molar-refractivity contribution >= 4 is 5.91 Å². The summed E-state index contributed by atoms with van der Waals surface area (Å²) >= 11 is 0. The monoisotopic (exact) mass is 239 g/mol. The molecule has 0 aromatic rings. The van der Waals surface area contributed by atoms with Gasteiger partial charge in [-0.3, -0.25) is 9.69 Å². The van der Waals surface area contributed by atoms with E-state index in [0.29, 0.717) is 19.1 Å². The van der Waals surface area contributed by atoms with Crippen LogP contribution in [-0.2, 0) is 4.79 Å². The number of hydrogen-bond acceptors (Lipinski definition) is 3. The zero-order chi connectivity index (χ0) is 12.5. The highest BCUT2D eigenvalue weighted by Gasteiger charge is 2.17. The molecule has 1 fully saturated rings. The predicted molar refractivity (Wildman–Crippen MR) is 71.0 cm³/mol. The number of nitrogens with zero attached hydrogens (tertiary/aromatic N) is 1. The molecule has 1 amide bonds. The smallest absolute Gasteiger partial charge is 0.234 e. The van der Waals surface area contributed by atoms with Gasteiger partial charge in [-0.25, -0.2) is 0 Å². The van der Waals surface area contributed by atoms with Crippen LogP contribution in [0.2, 0.25) is 0 Å². The van der Waals surface area contributed by atoms with Crippen molar-refractivity contribution in [3.05, 3.63) is 12.7 Å². The average Bonchev–Trinajstić information content (AvgIpc) is 2.36. The van der Waals surface area contributed by atoms with Gasteiger partial charge in [0.1, 0.15) is 0 Å². The number of hydrogen-bond donors (Lipinski definition) is 2. The first-order valence-corrected chi connectivity index (χ1v) is 6.59. The minimum absolute atomic E-state index is 0.0857. The average molecular weight is 239 g/mol. The van der Waals surface area contributed by atoms with E-state index in [1.807, 2.05) is 0 Å². The summed E-state index contributed by atoms with van der Waals surface area (Å²) in [7, 11) is 0. The molecule has 2 N–H and O–H groups in total. The number of amides is 1. The van der Waals surface area contributed by atoms with Gasteiger partial charge < -0.3 is 10.6 Å². The normalized spacial score (nSPS) is 20.2. The van der Waals surface area contributed by atoms with Crippen LogP contribution in [0.3, 0.4) is 0 Å². The fourth-order valence-electron chi connectivity index (χ4n) is 2.14. The number of carbonyl (C=O) groups excluding carboxylic acids is 1. The van der Waals surface area contributed by atoms with Crippen LogP contribution >= 0.6 is 0 Å². The Kier molecular flexibility index (Phi) is 6.89. The summed E-state index contributed by atoms with van der Waals surface area (Å²) in [6, 6.07) is 0.552. The second-order valence-electron chi connectivity index (χ2n) is 4.57. The molecule has 1 heterocycles. The van der Waals surface area contributed by atoms with Crippen molar-refractivity contribution in [3.8, 4) is 0 Å². The summed E-state index contributed by atoms with van der Waals surface area (Å²) in [6.45, 7) is 9.73. The van der Waals surface area contributed by atoms with Gasteiger partial charge in [0.05, 0.1) is 6.54 Å². The molecule has 4 heteroatoms. The first-order chi connectivity index (χ1) is 8.26. The Morgan fingerprint density at radius 3 is 3.00 bits per heavy atom. The fraction of sp³-hybridized carbons (Fsp3) is 0.769. The molecule has 17 heavy (non-hydrogen) atoms. The van der Waals surface area contributed by atoms with Crippen LogP contribution in [0.5, 0.6) is 0 Å². The van der Waals surface area contributed by atoms with Crippen LogP contribution in [0.4, 0.5) is 0 Å². The first-order valence-electron chi connectivity index (χ1n) is 6.59. The Bertz CT molecular complexity index is 237. The molecule has 0 bridgehead atoms. The molecule has 1 atom stereocenters. The van der Waals surface area contributed by atoms with Crippen molar-refractivity contribution in [1.29, 1.82) is 0 Å². The predicted octanol–water partition coefficient (Wildman–Crippen LogP) is 0.753. The summed E-state index contributed by atoms with van der Waals surface area (Å²) in [5.74, 6) is 0.0857. The second-order valence-corrected chi connectivity index (χ2v) is 4.57. The van der Waals surface area contributed by atoms with E-state index >= 15 is 0 Å². The molecule has 0 aromatic heterocycles. The van der Waals surface area contributed by atoms with Gasteiger partial charge in [0, 0.05) is 19.1 Å². The molecule has 0 aliphatic carbocycles. The van der Waals surface area contributed by atoms with Gasteiger partial charge in [-0.15, -0.1) is 6.58 Å². The lowest BCUT2D eigenvalue weighted by Crippen LogP contribution is -2.46. The molecule has 1 aliphatic heterocycles. The van der Waals surface area contributed by atoms with Gasteiger partial charge in [0.25, 0.3) is 0 Å². The summed E-state index contributed by atoms with van der Waals surface area (Å²) in [5.41, 5.74) is 0. The Labute approximate surface area is 104 Å². The van der Waals surface area contributed by atoms with Gasteiger partial charge in [-0.05, 0) is 25.9 Å². The van der Waals surface area contributed by atoms with Gasteiger partial charge in [0.2, 0.25) is 5.91 Å². The Balaban J connectivity index is 2.26. The standard InChI is InChI=1S/C13H25N3O/c1-3-8-15-13(17)11-16(4-2)10-12-7-5-6-9-14-12/h3,12,14H,1,4-11H2,2H3,(H,15,17). The lowest BCUT2D eigenvalue weighted by atomic mass is 10.0. The molecule has 1 aliphatic rings. The first kappa shape index (κ1) is 14.2. The number of piperidine rings is 1. The maximum absolute atomic E-state index is 11.6. The molecule has 0 saturated carbocycles. The lowest BCUT2D eigenvalue weighted by Gasteiger charge is -2.29. The second kappa shape index (κ2) is 8.25. The molecule has 1 saturated heterocycles. The third kappa shape index (κ3) is 5.84. The van der Waals surface area contributed by atoms with E-state index in [1.54, 1.807) is 6.08 Å². The Morgan fingerprint density at radius 1 is 1.59 bits per heavy atom. The summed E-state index contributed by atoms with van der Waals surface area (Å²) in [4.78, 5) is 13.8. The molecular formula is C13H25N3O. The molecule has 0 spiro atoms. The molecule has 4 nitrogen and oxygen atoms in total. The minimum Gasteiger partial charge on any atom is -0.352 e.